The van der Waals surface area contributed by atoms with Crippen molar-refractivity contribution in [3.05, 3.63) is 0 Å². The maximum absolute atomic E-state index is 2.00. The lowest BCUT2D eigenvalue weighted by Gasteiger charge is -1.97. The van der Waals surface area contributed by atoms with E-state index in [1.165, 1.54) is 70.6 Å². The molecule has 13 heavy (non-hydrogen) atoms. The Morgan fingerprint density at radius 1 is 0.308 bits per heavy atom. The van der Waals surface area contributed by atoms with Crippen molar-refractivity contribution in [3.8, 4) is 0 Å². The summed E-state index contributed by atoms with van der Waals surface area (Å²) in [5.74, 6) is 0. The molecule has 1 fully saturated rings. The molecule has 0 unspecified atom stereocenters. The first-order valence-electron chi connectivity index (χ1n) is 6.50. The zero-order valence-electron chi connectivity index (χ0n) is 9.78. The van der Waals surface area contributed by atoms with Crippen molar-refractivity contribution in [2.24, 2.45) is 0 Å². The number of rotatable bonds is 0. The summed E-state index contributed by atoms with van der Waals surface area (Å²) in [5, 5.41) is 0. The standard InChI is InChI=1S/C11H22.C2H6/c1-2-4-6-8-10-11-9-7-5-3-1;1-2/h1-11H2;1-2H3. The summed E-state index contributed by atoms with van der Waals surface area (Å²) in [6.07, 6.45) is 16.5. The van der Waals surface area contributed by atoms with Crippen molar-refractivity contribution >= 4 is 0 Å². The van der Waals surface area contributed by atoms with Gasteiger partial charge in [0.25, 0.3) is 0 Å². The first-order valence-corrected chi connectivity index (χ1v) is 6.50. The van der Waals surface area contributed by atoms with Crippen LogP contribution in [0, 0.1) is 0 Å². The fourth-order valence-corrected chi connectivity index (χ4v) is 1.94. The van der Waals surface area contributed by atoms with Crippen LogP contribution in [0.2, 0.25) is 0 Å². The van der Waals surface area contributed by atoms with E-state index >= 15 is 0 Å². The third-order valence-corrected chi connectivity index (χ3v) is 2.75. The Bertz CT molecular complexity index is 38.1. The van der Waals surface area contributed by atoms with Crippen molar-refractivity contribution in [2.75, 3.05) is 0 Å². The van der Waals surface area contributed by atoms with Gasteiger partial charge in [0, 0.05) is 0 Å². The van der Waals surface area contributed by atoms with Gasteiger partial charge in [-0.1, -0.05) is 84.5 Å². The van der Waals surface area contributed by atoms with Crippen LogP contribution < -0.4 is 0 Å². The van der Waals surface area contributed by atoms with E-state index in [0.29, 0.717) is 0 Å². The molecule has 0 heterocycles. The smallest absolute Gasteiger partial charge is 0.0533 e. The molecular formula is C13H28. The molecule has 0 atom stereocenters. The lowest BCUT2D eigenvalue weighted by atomic mass is 10.1. The van der Waals surface area contributed by atoms with Crippen molar-refractivity contribution in [2.45, 2.75) is 84.5 Å². The van der Waals surface area contributed by atoms with Gasteiger partial charge in [-0.3, -0.25) is 0 Å². The Morgan fingerprint density at radius 3 is 0.462 bits per heavy atom. The molecule has 1 aliphatic carbocycles. The maximum Gasteiger partial charge on any atom is -0.0533 e. The molecule has 0 saturated heterocycles. The van der Waals surface area contributed by atoms with Gasteiger partial charge in [0.05, 0.1) is 0 Å². The highest BCUT2D eigenvalue weighted by Gasteiger charge is 1.95. The largest absolute Gasteiger partial charge is 0.0683 e. The second-order valence-corrected chi connectivity index (χ2v) is 3.89. The van der Waals surface area contributed by atoms with Crippen LogP contribution in [0.1, 0.15) is 84.5 Å². The molecule has 0 heteroatoms. The normalized spacial score (nSPS) is 20.8. The predicted molar refractivity (Wildman–Crippen MR) is 62.1 cm³/mol. The Labute approximate surface area is 85.1 Å². The topological polar surface area (TPSA) is 0 Å². The van der Waals surface area contributed by atoms with E-state index in [1.807, 2.05) is 13.8 Å². The molecule has 0 nitrogen and oxygen atoms in total. The van der Waals surface area contributed by atoms with Crippen LogP contribution >= 0.6 is 0 Å². The second-order valence-electron chi connectivity index (χ2n) is 3.89. The summed E-state index contributed by atoms with van der Waals surface area (Å²) >= 11 is 0. The van der Waals surface area contributed by atoms with Crippen LogP contribution in [0.5, 0.6) is 0 Å². The van der Waals surface area contributed by atoms with Gasteiger partial charge in [0.1, 0.15) is 0 Å². The Kier molecular flexibility index (Phi) is 12.0. The molecule has 0 aromatic rings. The van der Waals surface area contributed by atoms with Gasteiger partial charge in [-0.05, 0) is 0 Å². The first-order chi connectivity index (χ1) is 6.50. The van der Waals surface area contributed by atoms with Crippen molar-refractivity contribution in [3.63, 3.8) is 0 Å². The molecule has 1 saturated carbocycles. The van der Waals surface area contributed by atoms with Crippen molar-refractivity contribution in [1.29, 1.82) is 0 Å². The van der Waals surface area contributed by atoms with E-state index in [1.54, 1.807) is 0 Å². The molecule has 1 rings (SSSR count). The molecular weight excluding hydrogens is 156 g/mol. The Hall–Kier alpha value is 0. The van der Waals surface area contributed by atoms with Gasteiger partial charge < -0.3 is 0 Å². The predicted octanol–water partition coefficient (Wildman–Crippen LogP) is 5.32. The van der Waals surface area contributed by atoms with Gasteiger partial charge in [-0.25, -0.2) is 0 Å². The Morgan fingerprint density at radius 2 is 0.385 bits per heavy atom. The van der Waals surface area contributed by atoms with Crippen LogP contribution in [0.25, 0.3) is 0 Å². The molecule has 0 amide bonds. The second kappa shape index (κ2) is 12.0. The summed E-state index contributed by atoms with van der Waals surface area (Å²) in [4.78, 5) is 0. The highest BCUT2D eigenvalue weighted by atomic mass is 14.0. The Balaban J connectivity index is 0.000000671. The summed E-state index contributed by atoms with van der Waals surface area (Å²) in [6.45, 7) is 4.00. The zero-order valence-corrected chi connectivity index (χ0v) is 9.78. The SMILES string of the molecule is C1CCCCCCCCCC1.CC. The van der Waals surface area contributed by atoms with E-state index in [0.717, 1.165) is 0 Å². The molecule has 0 radical (unpaired) electrons. The molecule has 0 spiro atoms. The molecule has 0 aromatic carbocycles. The average molecular weight is 184 g/mol. The summed E-state index contributed by atoms with van der Waals surface area (Å²) in [6, 6.07) is 0. The van der Waals surface area contributed by atoms with Crippen molar-refractivity contribution < 1.29 is 0 Å². The van der Waals surface area contributed by atoms with E-state index in [-0.39, 0.29) is 0 Å². The summed E-state index contributed by atoms with van der Waals surface area (Å²) < 4.78 is 0. The lowest BCUT2D eigenvalue weighted by molar-refractivity contribution is 0.585. The summed E-state index contributed by atoms with van der Waals surface area (Å²) in [7, 11) is 0. The van der Waals surface area contributed by atoms with E-state index in [9.17, 15) is 0 Å². The minimum absolute atomic E-state index is 1.50. The highest BCUT2D eigenvalue weighted by molar-refractivity contribution is 4.51. The molecule has 80 valence electrons. The highest BCUT2D eigenvalue weighted by Crippen LogP contribution is 2.15. The molecule has 0 aliphatic heterocycles. The molecule has 1 aliphatic rings. The van der Waals surface area contributed by atoms with E-state index in [4.69, 9.17) is 0 Å². The third kappa shape index (κ3) is 9.92. The average Bonchev–Trinajstić information content (AvgIpc) is 2.26. The minimum Gasteiger partial charge on any atom is -0.0683 e. The lowest BCUT2D eigenvalue weighted by Crippen LogP contribution is -1.77. The molecule has 0 N–H and O–H groups in total. The van der Waals surface area contributed by atoms with Crippen LogP contribution in [-0.2, 0) is 0 Å². The number of hydrogen-bond acceptors (Lipinski definition) is 0. The van der Waals surface area contributed by atoms with Gasteiger partial charge in [0.2, 0.25) is 0 Å². The van der Waals surface area contributed by atoms with Crippen LogP contribution in [0.3, 0.4) is 0 Å². The summed E-state index contributed by atoms with van der Waals surface area (Å²) in [5.41, 5.74) is 0. The molecule has 0 aromatic heterocycles. The van der Waals surface area contributed by atoms with Gasteiger partial charge >= 0.3 is 0 Å². The molecule has 0 bridgehead atoms. The van der Waals surface area contributed by atoms with Gasteiger partial charge in [-0.15, -0.1) is 0 Å². The minimum atomic E-state index is 1.50. The fourth-order valence-electron chi connectivity index (χ4n) is 1.94. The van der Waals surface area contributed by atoms with Gasteiger partial charge in [-0.2, -0.15) is 0 Å². The zero-order chi connectivity index (χ0) is 9.78. The fraction of sp³-hybridized carbons (Fsp3) is 1.00. The third-order valence-electron chi connectivity index (χ3n) is 2.75. The van der Waals surface area contributed by atoms with E-state index in [2.05, 4.69) is 0 Å². The maximum atomic E-state index is 2.00. The monoisotopic (exact) mass is 184 g/mol. The van der Waals surface area contributed by atoms with Gasteiger partial charge in [0.15, 0.2) is 0 Å². The quantitative estimate of drug-likeness (QED) is 0.478. The van der Waals surface area contributed by atoms with Crippen molar-refractivity contribution in [1.82, 2.24) is 0 Å². The van der Waals surface area contributed by atoms with Crippen LogP contribution in [0.15, 0.2) is 0 Å². The van der Waals surface area contributed by atoms with E-state index < -0.39 is 0 Å². The number of hydrogen-bond donors (Lipinski definition) is 0. The van der Waals surface area contributed by atoms with Crippen LogP contribution in [-0.4, -0.2) is 0 Å². The van der Waals surface area contributed by atoms with Crippen LogP contribution in [0.4, 0.5) is 0 Å². The first kappa shape index (κ1) is 13.0.